The van der Waals surface area contributed by atoms with Crippen LogP contribution in [0, 0.1) is 0 Å². The Morgan fingerprint density at radius 1 is 1.41 bits per heavy atom. The summed E-state index contributed by atoms with van der Waals surface area (Å²) in [6.45, 7) is 0. The number of anilines is 1. The van der Waals surface area contributed by atoms with Gasteiger partial charge in [0, 0.05) is 6.08 Å². The van der Waals surface area contributed by atoms with Crippen LogP contribution in [0.2, 0.25) is 0 Å². The van der Waals surface area contributed by atoms with E-state index in [-0.39, 0.29) is 5.82 Å². The van der Waals surface area contributed by atoms with Crippen molar-refractivity contribution in [1.29, 1.82) is 0 Å². The van der Waals surface area contributed by atoms with E-state index in [2.05, 4.69) is 15.0 Å². The number of imidazole rings is 1. The summed E-state index contributed by atoms with van der Waals surface area (Å²) in [5, 5.41) is 9.17. The van der Waals surface area contributed by atoms with Crippen molar-refractivity contribution in [3.05, 3.63) is 24.6 Å². The van der Waals surface area contributed by atoms with Crippen LogP contribution in [-0.4, -0.2) is 30.9 Å². The molecule has 0 saturated heterocycles. The molecule has 7 nitrogen and oxygen atoms in total. The summed E-state index contributed by atoms with van der Waals surface area (Å²) >= 11 is 0. The minimum absolute atomic E-state index is 0.205. The van der Waals surface area contributed by atoms with E-state index in [0.717, 1.165) is 6.08 Å². The number of rotatable bonds is 1. The summed E-state index contributed by atoms with van der Waals surface area (Å²) < 4.78 is 19.8. The molecule has 0 fully saturated rings. The maximum Gasteiger partial charge on any atom is 0.192 e. The number of hydrogen-bond acceptors (Lipinski definition) is 6. The van der Waals surface area contributed by atoms with E-state index < -0.39 is 18.3 Å². The Labute approximate surface area is 94.4 Å². The van der Waals surface area contributed by atoms with Gasteiger partial charge in [0.25, 0.3) is 0 Å². The molecule has 3 N–H and O–H groups in total. The van der Waals surface area contributed by atoms with Crippen molar-refractivity contribution in [3.8, 4) is 0 Å². The van der Waals surface area contributed by atoms with Crippen molar-refractivity contribution in [2.75, 3.05) is 5.73 Å². The molecule has 3 rings (SSSR count). The summed E-state index contributed by atoms with van der Waals surface area (Å²) in [5.41, 5.74) is 6.32. The van der Waals surface area contributed by atoms with Crippen LogP contribution in [-0.2, 0) is 4.74 Å². The van der Waals surface area contributed by atoms with Crippen LogP contribution in [0.5, 0.6) is 0 Å². The first-order chi connectivity index (χ1) is 8.16. The molecule has 0 amide bonds. The highest BCUT2D eigenvalue weighted by Crippen LogP contribution is 2.31. The Balaban J connectivity index is 2.13. The van der Waals surface area contributed by atoms with Crippen molar-refractivity contribution in [3.63, 3.8) is 0 Å². The van der Waals surface area contributed by atoms with Gasteiger partial charge in [0.05, 0.1) is 6.33 Å². The third kappa shape index (κ3) is 1.46. The monoisotopic (exact) mass is 237 g/mol. The standard InChI is InChI=1S/C9H8FN5O2/c10-4-1-5(16)17-9(4)15-3-14-6-7(11)12-2-13-8(6)15/h1-3,5,9,16H,(H2,11,12,13)/t5-,9-/m1/s1. The molecule has 3 heterocycles. The number of nitrogen functional groups attached to an aromatic ring is 1. The highest BCUT2D eigenvalue weighted by molar-refractivity contribution is 5.81. The average molecular weight is 237 g/mol. The molecule has 17 heavy (non-hydrogen) atoms. The van der Waals surface area contributed by atoms with Gasteiger partial charge in [-0.3, -0.25) is 4.57 Å². The molecule has 1 aliphatic heterocycles. The number of hydrogen-bond donors (Lipinski definition) is 2. The van der Waals surface area contributed by atoms with Crippen LogP contribution in [0.4, 0.5) is 10.2 Å². The van der Waals surface area contributed by atoms with Crippen molar-refractivity contribution < 1.29 is 14.2 Å². The molecule has 0 spiro atoms. The maximum absolute atomic E-state index is 13.5. The smallest absolute Gasteiger partial charge is 0.192 e. The van der Waals surface area contributed by atoms with Crippen molar-refractivity contribution in [2.45, 2.75) is 12.5 Å². The zero-order valence-electron chi connectivity index (χ0n) is 8.49. The lowest BCUT2D eigenvalue weighted by molar-refractivity contribution is -0.102. The average Bonchev–Trinajstić information content (AvgIpc) is 2.83. The number of ether oxygens (including phenoxy) is 1. The van der Waals surface area contributed by atoms with Crippen LogP contribution in [0.15, 0.2) is 24.6 Å². The second-order valence-electron chi connectivity index (χ2n) is 3.51. The summed E-state index contributed by atoms with van der Waals surface area (Å²) in [6.07, 6.45) is 1.23. The summed E-state index contributed by atoms with van der Waals surface area (Å²) in [6, 6.07) is 0. The number of fused-ring (bicyclic) bond motifs is 1. The fourth-order valence-electron chi connectivity index (χ4n) is 1.69. The minimum Gasteiger partial charge on any atom is -0.382 e. The fraction of sp³-hybridized carbons (Fsp3) is 0.222. The fourth-order valence-corrected chi connectivity index (χ4v) is 1.69. The van der Waals surface area contributed by atoms with Crippen LogP contribution in [0.3, 0.4) is 0 Å². The van der Waals surface area contributed by atoms with Crippen LogP contribution < -0.4 is 5.73 Å². The number of aromatic nitrogens is 4. The van der Waals surface area contributed by atoms with Gasteiger partial charge in [-0.1, -0.05) is 0 Å². The SMILES string of the molecule is Nc1ncnc2c1ncn2[C@@H]1O[C@@H](O)C=C1F. The summed E-state index contributed by atoms with van der Waals surface area (Å²) in [5.74, 6) is -0.398. The summed E-state index contributed by atoms with van der Waals surface area (Å²) in [4.78, 5) is 11.7. The number of nitrogens with zero attached hydrogens (tertiary/aromatic N) is 4. The van der Waals surface area contributed by atoms with Crippen LogP contribution in [0.1, 0.15) is 6.23 Å². The normalized spacial score (nSPS) is 24.2. The topological polar surface area (TPSA) is 99.1 Å². The molecule has 0 aromatic carbocycles. The molecular weight excluding hydrogens is 229 g/mol. The molecule has 2 atom stereocenters. The molecule has 0 saturated carbocycles. The highest BCUT2D eigenvalue weighted by atomic mass is 19.1. The number of aliphatic hydroxyl groups is 1. The zero-order chi connectivity index (χ0) is 12.0. The van der Waals surface area contributed by atoms with E-state index in [1.54, 1.807) is 0 Å². The van der Waals surface area contributed by atoms with Gasteiger partial charge in [-0.05, 0) is 0 Å². The lowest BCUT2D eigenvalue weighted by atomic mass is 10.4. The van der Waals surface area contributed by atoms with Crippen LogP contribution >= 0.6 is 0 Å². The maximum atomic E-state index is 13.5. The second-order valence-corrected chi connectivity index (χ2v) is 3.51. The van der Waals surface area contributed by atoms with Crippen LogP contribution in [0.25, 0.3) is 11.2 Å². The molecule has 8 heteroatoms. The van der Waals surface area contributed by atoms with Crippen molar-refractivity contribution in [2.24, 2.45) is 0 Å². The van der Waals surface area contributed by atoms with E-state index in [1.807, 2.05) is 0 Å². The highest BCUT2D eigenvalue weighted by Gasteiger charge is 2.29. The third-order valence-electron chi connectivity index (χ3n) is 2.45. The van der Waals surface area contributed by atoms with Gasteiger partial charge in [-0.25, -0.2) is 19.3 Å². The third-order valence-corrected chi connectivity index (χ3v) is 2.45. The number of nitrogens with two attached hydrogens (primary N) is 1. The Morgan fingerprint density at radius 3 is 2.94 bits per heavy atom. The predicted octanol–water partition coefficient (Wildman–Crippen LogP) is 0.109. The minimum atomic E-state index is -1.27. The van der Waals surface area contributed by atoms with Gasteiger partial charge < -0.3 is 15.6 Å². The molecule has 0 unspecified atom stereocenters. The van der Waals surface area contributed by atoms with Gasteiger partial charge in [0.2, 0.25) is 0 Å². The summed E-state index contributed by atoms with van der Waals surface area (Å²) in [7, 11) is 0. The van der Waals surface area contributed by atoms with Gasteiger partial charge in [0.15, 0.2) is 29.8 Å². The molecule has 0 radical (unpaired) electrons. The molecule has 0 aliphatic carbocycles. The van der Waals surface area contributed by atoms with Gasteiger partial charge in [0.1, 0.15) is 11.8 Å². The Hall–Kier alpha value is -2.06. The lowest BCUT2D eigenvalue weighted by Gasteiger charge is -2.12. The van der Waals surface area contributed by atoms with E-state index in [0.29, 0.717) is 11.2 Å². The Kier molecular flexibility index (Phi) is 2.06. The Morgan fingerprint density at radius 2 is 2.24 bits per heavy atom. The van der Waals surface area contributed by atoms with E-state index >= 15 is 0 Å². The van der Waals surface area contributed by atoms with E-state index in [1.165, 1.54) is 17.2 Å². The second kappa shape index (κ2) is 3.47. The van der Waals surface area contributed by atoms with Gasteiger partial charge in [-0.15, -0.1) is 0 Å². The first-order valence-corrected chi connectivity index (χ1v) is 4.80. The van der Waals surface area contributed by atoms with E-state index in [4.69, 9.17) is 15.6 Å². The van der Waals surface area contributed by atoms with Crippen molar-refractivity contribution in [1.82, 2.24) is 19.5 Å². The zero-order valence-corrected chi connectivity index (χ0v) is 8.49. The molecule has 2 aromatic heterocycles. The largest absolute Gasteiger partial charge is 0.382 e. The lowest BCUT2D eigenvalue weighted by Crippen LogP contribution is -2.13. The van der Waals surface area contributed by atoms with Crippen molar-refractivity contribution >= 4 is 17.0 Å². The molecule has 88 valence electrons. The number of aliphatic hydroxyl groups excluding tert-OH is 1. The number of halogens is 1. The van der Waals surface area contributed by atoms with Gasteiger partial charge >= 0.3 is 0 Å². The first kappa shape index (κ1) is 10.1. The first-order valence-electron chi connectivity index (χ1n) is 4.80. The molecule has 2 aromatic rings. The Bertz CT molecular complexity index is 610. The molecule has 1 aliphatic rings. The quantitative estimate of drug-likeness (QED) is 0.730. The van der Waals surface area contributed by atoms with Gasteiger partial charge in [-0.2, -0.15) is 0 Å². The molecular formula is C9H8FN5O2. The molecule has 0 bridgehead atoms. The predicted molar refractivity (Wildman–Crippen MR) is 55.1 cm³/mol. The van der Waals surface area contributed by atoms with E-state index in [9.17, 15) is 4.39 Å².